The van der Waals surface area contributed by atoms with Crippen LogP contribution in [0.25, 0.3) is 0 Å². The van der Waals surface area contributed by atoms with Crippen LogP contribution in [0.2, 0.25) is 15.1 Å². The second kappa shape index (κ2) is 10.7. The monoisotopic (exact) mass is 526 g/mol. The quantitative estimate of drug-likeness (QED) is 0.421. The number of rotatable bonds is 8. The first-order valence-electron chi connectivity index (χ1n) is 9.75. The van der Waals surface area contributed by atoms with Crippen LogP contribution in [0.3, 0.4) is 0 Å². The number of carbonyl (C=O) groups excluding carboxylic acids is 1. The Morgan fingerprint density at radius 3 is 2.30 bits per heavy atom. The molecular formula is C23H21Cl3N2O4S. The number of amides is 1. The molecule has 0 fully saturated rings. The summed E-state index contributed by atoms with van der Waals surface area (Å²) in [5.74, 6) is -0.349. The molecule has 0 spiro atoms. The number of nitrogens with zero attached hydrogens (tertiary/aromatic N) is 1. The van der Waals surface area contributed by atoms with Crippen molar-refractivity contribution >= 4 is 56.4 Å². The molecule has 0 aliphatic rings. The van der Waals surface area contributed by atoms with Crippen LogP contribution in [-0.4, -0.2) is 28.0 Å². The number of hydrogen-bond acceptors (Lipinski definition) is 4. The predicted molar refractivity (Wildman–Crippen MR) is 132 cm³/mol. The van der Waals surface area contributed by atoms with Gasteiger partial charge in [0.1, 0.15) is 17.2 Å². The van der Waals surface area contributed by atoms with Gasteiger partial charge in [-0.05, 0) is 60.5 Å². The fraction of sp³-hybridized carbons (Fsp3) is 0.174. The third kappa shape index (κ3) is 6.12. The topological polar surface area (TPSA) is 75.7 Å². The zero-order chi connectivity index (χ0) is 24.2. The molecule has 0 aliphatic carbocycles. The summed E-state index contributed by atoms with van der Waals surface area (Å²) in [4.78, 5) is 12.7. The standard InChI is InChI=1S/C23H21Cl3N2O4S/c1-15-3-10-21(32-2)22(11-15)33(30,31)28(18-8-9-19(25)20(26)12-18)14-23(29)27-13-16-4-6-17(24)7-5-16/h3-12H,13-14H2,1-2H3,(H,27,29). The van der Waals surface area contributed by atoms with Crippen LogP contribution >= 0.6 is 34.8 Å². The maximum Gasteiger partial charge on any atom is 0.268 e. The molecule has 3 aromatic rings. The van der Waals surface area contributed by atoms with Gasteiger partial charge in [-0.3, -0.25) is 9.10 Å². The molecule has 33 heavy (non-hydrogen) atoms. The minimum Gasteiger partial charge on any atom is -0.495 e. The van der Waals surface area contributed by atoms with Gasteiger partial charge in [0.15, 0.2) is 0 Å². The highest BCUT2D eigenvalue weighted by molar-refractivity contribution is 7.93. The van der Waals surface area contributed by atoms with Gasteiger partial charge in [-0.2, -0.15) is 0 Å². The Kier molecular flexibility index (Phi) is 8.13. The van der Waals surface area contributed by atoms with Crippen molar-refractivity contribution in [1.82, 2.24) is 5.32 Å². The number of sulfonamides is 1. The van der Waals surface area contributed by atoms with Crippen molar-refractivity contribution in [2.24, 2.45) is 0 Å². The summed E-state index contributed by atoms with van der Waals surface area (Å²) >= 11 is 18.0. The Morgan fingerprint density at radius 1 is 0.970 bits per heavy atom. The third-order valence-corrected chi connectivity index (χ3v) is 7.55. The molecule has 10 heteroatoms. The highest BCUT2D eigenvalue weighted by atomic mass is 35.5. The van der Waals surface area contributed by atoms with E-state index in [0.717, 1.165) is 15.4 Å². The first-order valence-corrected chi connectivity index (χ1v) is 12.3. The number of nitrogens with one attached hydrogen (secondary N) is 1. The number of halogens is 3. The normalized spacial score (nSPS) is 11.2. The van der Waals surface area contributed by atoms with Crippen LogP contribution in [0.15, 0.2) is 65.6 Å². The van der Waals surface area contributed by atoms with Gasteiger partial charge in [0.2, 0.25) is 5.91 Å². The molecule has 0 bridgehead atoms. The number of aryl methyl sites for hydroxylation is 1. The van der Waals surface area contributed by atoms with Gasteiger partial charge in [0.05, 0.1) is 22.8 Å². The molecule has 6 nitrogen and oxygen atoms in total. The third-order valence-electron chi connectivity index (χ3n) is 4.77. The summed E-state index contributed by atoms with van der Waals surface area (Å²) in [6.07, 6.45) is 0. The minimum atomic E-state index is -4.20. The van der Waals surface area contributed by atoms with E-state index in [1.807, 2.05) is 0 Å². The molecule has 1 amide bonds. The first kappa shape index (κ1) is 25.2. The predicted octanol–water partition coefficient (Wildman–Crippen LogP) is 5.48. The first-order chi connectivity index (χ1) is 15.6. The van der Waals surface area contributed by atoms with E-state index in [-0.39, 0.29) is 32.9 Å². The molecule has 3 aromatic carbocycles. The Morgan fingerprint density at radius 2 is 1.67 bits per heavy atom. The van der Waals surface area contributed by atoms with E-state index in [4.69, 9.17) is 39.5 Å². The van der Waals surface area contributed by atoms with Gasteiger partial charge in [0, 0.05) is 11.6 Å². The fourth-order valence-electron chi connectivity index (χ4n) is 3.05. The SMILES string of the molecule is COc1ccc(C)cc1S(=O)(=O)N(CC(=O)NCc1ccc(Cl)cc1)c1ccc(Cl)c(Cl)c1. The van der Waals surface area contributed by atoms with Gasteiger partial charge in [-0.15, -0.1) is 0 Å². The maximum absolute atomic E-state index is 13.7. The Balaban J connectivity index is 1.96. The van der Waals surface area contributed by atoms with Gasteiger partial charge in [0.25, 0.3) is 10.0 Å². The summed E-state index contributed by atoms with van der Waals surface area (Å²) in [5, 5.41) is 3.73. The molecule has 0 aromatic heterocycles. The van der Waals surface area contributed by atoms with E-state index in [9.17, 15) is 13.2 Å². The number of carbonyl (C=O) groups is 1. The van der Waals surface area contributed by atoms with Crippen molar-refractivity contribution in [2.75, 3.05) is 18.0 Å². The molecule has 174 valence electrons. The van der Waals surface area contributed by atoms with E-state index >= 15 is 0 Å². The maximum atomic E-state index is 13.7. The molecule has 0 heterocycles. The summed E-state index contributed by atoms with van der Waals surface area (Å²) in [6.45, 7) is 1.49. The van der Waals surface area contributed by atoms with E-state index in [2.05, 4.69) is 5.32 Å². The van der Waals surface area contributed by atoms with Crippen LogP contribution < -0.4 is 14.4 Å². The number of methoxy groups -OCH3 is 1. The number of benzene rings is 3. The van der Waals surface area contributed by atoms with Gasteiger partial charge in [-0.1, -0.05) is 53.0 Å². The van der Waals surface area contributed by atoms with Crippen molar-refractivity contribution in [3.63, 3.8) is 0 Å². The smallest absolute Gasteiger partial charge is 0.268 e. The van der Waals surface area contributed by atoms with Gasteiger partial charge in [-0.25, -0.2) is 8.42 Å². The van der Waals surface area contributed by atoms with E-state index < -0.39 is 22.5 Å². The second-order valence-corrected chi connectivity index (χ2v) is 10.2. The van der Waals surface area contributed by atoms with Crippen molar-refractivity contribution in [3.05, 3.63) is 86.9 Å². The lowest BCUT2D eigenvalue weighted by Crippen LogP contribution is -2.40. The lowest BCUT2D eigenvalue weighted by atomic mass is 10.2. The highest BCUT2D eigenvalue weighted by Gasteiger charge is 2.30. The average molecular weight is 528 g/mol. The molecule has 0 atom stereocenters. The van der Waals surface area contributed by atoms with Crippen molar-refractivity contribution in [3.8, 4) is 5.75 Å². The van der Waals surface area contributed by atoms with Crippen LogP contribution in [0, 0.1) is 6.92 Å². The highest BCUT2D eigenvalue weighted by Crippen LogP contribution is 2.33. The number of ether oxygens (including phenoxy) is 1. The van der Waals surface area contributed by atoms with E-state index in [1.54, 1.807) is 43.3 Å². The lowest BCUT2D eigenvalue weighted by Gasteiger charge is -2.25. The average Bonchev–Trinajstić information content (AvgIpc) is 2.79. The van der Waals surface area contributed by atoms with Crippen molar-refractivity contribution in [1.29, 1.82) is 0 Å². The zero-order valence-electron chi connectivity index (χ0n) is 17.8. The largest absolute Gasteiger partial charge is 0.495 e. The summed E-state index contributed by atoms with van der Waals surface area (Å²) < 4.78 is 33.6. The minimum absolute atomic E-state index is 0.0680. The number of anilines is 1. The van der Waals surface area contributed by atoms with Crippen LogP contribution in [0.4, 0.5) is 5.69 Å². The molecule has 0 unspecified atom stereocenters. The van der Waals surface area contributed by atoms with Crippen LogP contribution in [0.5, 0.6) is 5.75 Å². The Bertz CT molecular complexity index is 1270. The van der Waals surface area contributed by atoms with E-state index in [1.165, 1.54) is 31.4 Å². The number of hydrogen-bond donors (Lipinski definition) is 1. The van der Waals surface area contributed by atoms with Crippen molar-refractivity contribution in [2.45, 2.75) is 18.4 Å². The molecular weight excluding hydrogens is 507 g/mol. The van der Waals surface area contributed by atoms with Gasteiger partial charge >= 0.3 is 0 Å². The lowest BCUT2D eigenvalue weighted by molar-refractivity contribution is -0.119. The van der Waals surface area contributed by atoms with Crippen molar-refractivity contribution < 1.29 is 17.9 Å². The molecule has 0 saturated heterocycles. The fourth-order valence-corrected chi connectivity index (χ4v) is 5.12. The zero-order valence-corrected chi connectivity index (χ0v) is 20.9. The molecule has 1 N–H and O–H groups in total. The van der Waals surface area contributed by atoms with Crippen LogP contribution in [0.1, 0.15) is 11.1 Å². The molecule has 0 radical (unpaired) electrons. The molecule has 0 aliphatic heterocycles. The summed E-state index contributed by atoms with van der Waals surface area (Å²) in [5.41, 5.74) is 1.72. The second-order valence-electron chi connectivity index (χ2n) is 7.17. The Labute approximate surface area is 208 Å². The summed E-state index contributed by atoms with van der Waals surface area (Å²) in [6, 6.07) is 16.1. The summed E-state index contributed by atoms with van der Waals surface area (Å²) in [7, 11) is -2.82. The Hall–Kier alpha value is -2.45. The van der Waals surface area contributed by atoms with Gasteiger partial charge < -0.3 is 10.1 Å². The molecule has 3 rings (SSSR count). The van der Waals surface area contributed by atoms with Crippen LogP contribution in [-0.2, 0) is 21.4 Å². The molecule has 0 saturated carbocycles. The van der Waals surface area contributed by atoms with E-state index in [0.29, 0.717) is 5.02 Å².